The predicted molar refractivity (Wildman–Crippen MR) is 132 cm³/mol. The number of aromatic nitrogens is 6. The SMILES string of the molecule is CC(C)n1c(=O)[nH]c2nccc(Oc3ccc(NC(=O)c4cnn(-c5ccncc5)c4C(F)(F)F)cc3F)c21. The summed E-state index contributed by atoms with van der Waals surface area (Å²) in [5.41, 5.74) is -1.93. The molecule has 0 atom stereocenters. The predicted octanol–water partition coefficient (Wildman–Crippen LogP) is 5.09. The molecule has 14 heteroatoms. The Hall–Kier alpha value is -5.01. The van der Waals surface area contributed by atoms with Crippen molar-refractivity contribution in [1.29, 1.82) is 0 Å². The van der Waals surface area contributed by atoms with Crippen LogP contribution in [0.5, 0.6) is 11.5 Å². The van der Waals surface area contributed by atoms with Gasteiger partial charge in [0.1, 0.15) is 5.52 Å². The normalized spacial score (nSPS) is 11.8. The molecule has 0 fully saturated rings. The molecule has 10 nitrogen and oxygen atoms in total. The number of anilines is 1. The van der Waals surface area contributed by atoms with E-state index in [0.29, 0.717) is 10.2 Å². The van der Waals surface area contributed by atoms with Crippen LogP contribution in [0.15, 0.2) is 66.0 Å². The molecule has 5 rings (SSSR count). The number of aromatic amines is 1. The number of carbonyl (C=O) groups is 1. The number of imidazole rings is 1. The summed E-state index contributed by atoms with van der Waals surface area (Å²) in [4.78, 5) is 35.6. The molecule has 0 saturated heterocycles. The van der Waals surface area contributed by atoms with Crippen LogP contribution in [0.3, 0.4) is 0 Å². The van der Waals surface area contributed by atoms with E-state index in [2.05, 4.69) is 25.4 Å². The number of hydrogen-bond donors (Lipinski definition) is 2. The summed E-state index contributed by atoms with van der Waals surface area (Å²) in [7, 11) is 0. The van der Waals surface area contributed by atoms with Gasteiger partial charge in [-0.05, 0) is 38.1 Å². The second-order valence-corrected chi connectivity index (χ2v) is 8.62. The van der Waals surface area contributed by atoms with E-state index in [-0.39, 0.29) is 34.6 Å². The summed E-state index contributed by atoms with van der Waals surface area (Å²) < 4.78 is 64.3. The summed E-state index contributed by atoms with van der Waals surface area (Å²) in [5, 5.41) is 5.99. The number of alkyl halides is 3. The lowest BCUT2D eigenvalue weighted by Gasteiger charge is -2.14. The number of nitrogens with one attached hydrogen (secondary N) is 2. The molecule has 39 heavy (non-hydrogen) atoms. The van der Waals surface area contributed by atoms with Crippen molar-refractivity contribution in [2.45, 2.75) is 26.1 Å². The van der Waals surface area contributed by atoms with Crippen LogP contribution in [0.1, 0.15) is 35.9 Å². The van der Waals surface area contributed by atoms with Crippen LogP contribution in [0.4, 0.5) is 23.2 Å². The minimum absolute atomic E-state index is 0.0550. The van der Waals surface area contributed by atoms with Gasteiger partial charge in [-0.15, -0.1) is 0 Å². The molecule has 0 saturated carbocycles. The maximum absolute atomic E-state index is 15.0. The molecule has 2 N–H and O–H groups in total. The summed E-state index contributed by atoms with van der Waals surface area (Å²) in [6.45, 7) is 3.57. The molecule has 4 heterocycles. The van der Waals surface area contributed by atoms with Gasteiger partial charge in [0.05, 0.1) is 17.4 Å². The molecule has 0 unspecified atom stereocenters. The first-order valence-corrected chi connectivity index (χ1v) is 11.5. The van der Waals surface area contributed by atoms with Crippen molar-refractivity contribution in [3.63, 3.8) is 0 Å². The molecule has 0 aliphatic heterocycles. The number of pyridine rings is 2. The van der Waals surface area contributed by atoms with Gasteiger partial charge in [-0.3, -0.25) is 19.3 Å². The molecule has 0 aliphatic carbocycles. The van der Waals surface area contributed by atoms with Crippen LogP contribution >= 0.6 is 0 Å². The minimum atomic E-state index is -4.92. The van der Waals surface area contributed by atoms with E-state index >= 15 is 0 Å². The first-order chi connectivity index (χ1) is 18.5. The van der Waals surface area contributed by atoms with Gasteiger partial charge < -0.3 is 10.1 Å². The number of H-pyrrole nitrogens is 1. The number of amides is 1. The second-order valence-electron chi connectivity index (χ2n) is 8.62. The van der Waals surface area contributed by atoms with Crippen LogP contribution in [-0.4, -0.2) is 35.2 Å². The summed E-state index contributed by atoms with van der Waals surface area (Å²) in [6, 6.07) is 7.20. The Kier molecular flexibility index (Phi) is 6.38. The van der Waals surface area contributed by atoms with E-state index < -0.39 is 34.8 Å². The number of benzene rings is 1. The summed E-state index contributed by atoms with van der Waals surface area (Å²) >= 11 is 0. The Morgan fingerprint density at radius 1 is 1.08 bits per heavy atom. The highest BCUT2D eigenvalue weighted by atomic mass is 19.4. The zero-order valence-corrected chi connectivity index (χ0v) is 20.3. The molecule has 200 valence electrons. The maximum Gasteiger partial charge on any atom is 0.434 e. The Labute approximate surface area is 216 Å². The van der Waals surface area contributed by atoms with Crippen molar-refractivity contribution in [2.24, 2.45) is 0 Å². The van der Waals surface area contributed by atoms with Crippen LogP contribution in [-0.2, 0) is 6.18 Å². The lowest BCUT2D eigenvalue weighted by atomic mass is 10.2. The quantitative estimate of drug-likeness (QED) is 0.289. The van der Waals surface area contributed by atoms with E-state index in [0.717, 1.165) is 12.3 Å². The fraction of sp³-hybridized carbons (Fsp3) is 0.160. The Morgan fingerprint density at radius 3 is 2.49 bits per heavy atom. The third-order valence-electron chi connectivity index (χ3n) is 5.69. The fourth-order valence-corrected chi connectivity index (χ4v) is 4.05. The van der Waals surface area contributed by atoms with Crippen LogP contribution < -0.4 is 15.7 Å². The number of ether oxygens (including phenoxy) is 1. The van der Waals surface area contributed by atoms with Gasteiger partial charge in [-0.2, -0.15) is 18.3 Å². The summed E-state index contributed by atoms with van der Waals surface area (Å²) in [5.74, 6) is -2.14. The van der Waals surface area contributed by atoms with Crippen LogP contribution in [0, 0.1) is 5.82 Å². The molecule has 0 bridgehead atoms. The summed E-state index contributed by atoms with van der Waals surface area (Å²) in [6.07, 6.45) is -0.168. The van der Waals surface area contributed by atoms with Gasteiger partial charge >= 0.3 is 11.9 Å². The number of hydrogen-bond acceptors (Lipinski definition) is 6. The average Bonchev–Trinajstić information content (AvgIpc) is 3.48. The van der Waals surface area contributed by atoms with Crippen molar-refractivity contribution in [2.75, 3.05) is 5.32 Å². The van der Waals surface area contributed by atoms with Crippen LogP contribution in [0.25, 0.3) is 16.9 Å². The molecule has 1 aromatic carbocycles. The molecule has 1 amide bonds. The third-order valence-corrected chi connectivity index (χ3v) is 5.69. The molecular formula is C25H19F4N7O3. The zero-order valence-electron chi connectivity index (χ0n) is 20.3. The monoisotopic (exact) mass is 541 g/mol. The van der Waals surface area contributed by atoms with Gasteiger partial charge in [-0.25, -0.2) is 18.9 Å². The standard InChI is InChI=1S/C25H19F4N7O3/c1-13(2)35-20-19(7-10-31-22(20)34-24(35)38)39-18-4-3-14(11-17(18)26)33-23(37)16-12-32-36(21(16)25(27,28)29)15-5-8-30-9-6-15/h3-13H,1-2H3,(H,33,37)(H,31,34,38). The Morgan fingerprint density at radius 2 is 1.82 bits per heavy atom. The number of halogens is 4. The lowest BCUT2D eigenvalue weighted by Crippen LogP contribution is -2.20. The topological polar surface area (TPSA) is 120 Å². The Bertz CT molecular complexity index is 1740. The smallest absolute Gasteiger partial charge is 0.434 e. The van der Waals surface area contributed by atoms with Crippen molar-refractivity contribution in [1.82, 2.24) is 29.3 Å². The van der Waals surface area contributed by atoms with Crippen molar-refractivity contribution in [3.05, 3.63) is 88.7 Å². The second kappa shape index (κ2) is 9.70. The highest BCUT2D eigenvalue weighted by molar-refractivity contribution is 6.05. The fourth-order valence-electron chi connectivity index (χ4n) is 4.05. The Balaban J connectivity index is 1.43. The highest BCUT2D eigenvalue weighted by Gasteiger charge is 2.40. The number of rotatable bonds is 6. The average molecular weight is 541 g/mol. The minimum Gasteiger partial charge on any atom is -0.452 e. The molecule has 4 aromatic heterocycles. The van der Waals surface area contributed by atoms with Crippen molar-refractivity contribution >= 4 is 22.8 Å². The van der Waals surface area contributed by atoms with Gasteiger partial charge in [0, 0.05) is 42.5 Å². The van der Waals surface area contributed by atoms with Gasteiger partial charge in [-0.1, -0.05) is 0 Å². The number of carbonyl (C=O) groups excluding carboxylic acids is 1. The van der Waals surface area contributed by atoms with E-state index in [4.69, 9.17) is 4.74 Å². The molecular weight excluding hydrogens is 522 g/mol. The maximum atomic E-state index is 15.0. The van der Waals surface area contributed by atoms with Crippen molar-refractivity contribution in [3.8, 4) is 17.2 Å². The van der Waals surface area contributed by atoms with Gasteiger partial charge in [0.2, 0.25) is 0 Å². The molecule has 5 aromatic rings. The molecule has 0 radical (unpaired) electrons. The third kappa shape index (κ3) is 4.83. The van der Waals surface area contributed by atoms with E-state index in [1.165, 1.54) is 53.5 Å². The van der Waals surface area contributed by atoms with E-state index in [9.17, 15) is 27.2 Å². The number of nitrogens with zero attached hydrogens (tertiary/aromatic N) is 5. The molecule has 0 aliphatic rings. The van der Waals surface area contributed by atoms with Gasteiger partial charge in [0.25, 0.3) is 5.91 Å². The lowest BCUT2D eigenvalue weighted by molar-refractivity contribution is -0.143. The van der Waals surface area contributed by atoms with E-state index in [1.807, 2.05) is 0 Å². The largest absolute Gasteiger partial charge is 0.452 e. The molecule has 0 spiro atoms. The van der Waals surface area contributed by atoms with E-state index in [1.54, 1.807) is 13.8 Å². The number of fused-ring (bicyclic) bond motifs is 1. The van der Waals surface area contributed by atoms with Crippen LogP contribution in [0.2, 0.25) is 0 Å². The highest BCUT2D eigenvalue weighted by Crippen LogP contribution is 2.35. The first kappa shape index (κ1) is 25.6. The van der Waals surface area contributed by atoms with Gasteiger partial charge in [0.15, 0.2) is 28.7 Å². The first-order valence-electron chi connectivity index (χ1n) is 11.5. The van der Waals surface area contributed by atoms with Crippen molar-refractivity contribution < 1.29 is 27.1 Å². The zero-order chi connectivity index (χ0) is 27.9.